The van der Waals surface area contributed by atoms with Crippen molar-refractivity contribution in [1.29, 1.82) is 5.26 Å². The van der Waals surface area contributed by atoms with Crippen LogP contribution in [0.5, 0.6) is 0 Å². The summed E-state index contributed by atoms with van der Waals surface area (Å²) in [7, 11) is 0. The molecule has 0 bridgehead atoms. The molecular weight excluding hydrogens is 286 g/mol. The van der Waals surface area contributed by atoms with Gasteiger partial charge >= 0.3 is 0 Å². The molecule has 0 aromatic heterocycles. The Bertz CT molecular complexity index is 587. The molecule has 2 fully saturated rings. The topological polar surface area (TPSA) is 56.1 Å². The highest BCUT2D eigenvalue weighted by Gasteiger charge is 2.29. The lowest BCUT2D eigenvalue weighted by atomic mass is 9.94. The Morgan fingerprint density at radius 1 is 1.22 bits per heavy atom. The van der Waals surface area contributed by atoms with E-state index < -0.39 is 0 Å². The summed E-state index contributed by atoms with van der Waals surface area (Å²) in [5.74, 6) is 0.411. The number of nitriles is 1. The van der Waals surface area contributed by atoms with E-state index in [9.17, 15) is 4.79 Å². The fourth-order valence-electron chi connectivity index (χ4n) is 3.92. The lowest BCUT2D eigenvalue weighted by Gasteiger charge is -2.31. The number of hydrogen-bond acceptors (Lipinski definition) is 3. The first kappa shape index (κ1) is 16.0. The van der Waals surface area contributed by atoms with Gasteiger partial charge in [0.15, 0.2) is 0 Å². The number of hydrogen-bond donors (Lipinski definition) is 1. The molecule has 23 heavy (non-hydrogen) atoms. The van der Waals surface area contributed by atoms with Crippen molar-refractivity contribution in [1.82, 2.24) is 10.2 Å². The summed E-state index contributed by atoms with van der Waals surface area (Å²) in [6.45, 7) is 2.98. The van der Waals surface area contributed by atoms with Gasteiger partial charge in [-0.1, -0.05) is 31.4 Å². The van der Waals surface area contributed by atoms with Gasteiger partial charge in [-0.15, -0.1) is 0 Å². The summed E-state index contributed by atoms with van der Waals surface area (Å²) < 4.78 is 0. The first-order valence-electron chi connectivity index (χ1n) is 8.79. The molecule has 0 spiro atoms. The summed E-state index contributed by atoms with van der Waals surface area (Å²) in [6, 6.07) is 9.85. The molecule has 4 nitrogen and oxygen atoms in total. The zero-order valence-corrected chi connectivity index (χ0v) is 13.6. The third-order valence-corrected chi connectivity index (χ3v) is 5.25. The molecule has 1 aliphatic carbocycles. The van der Waals surface area contributed by atoms with Gasteiger partial charge in [-0.2, -0.15) is 5.26 Å². The Hall–Kier alpha value is -1.86. The summed E-state index contributed by atoms with van der Waals surface area (Å²) in [5, 5.41) is 12.1. The molecule has 1 aliphatic heterocycles. The van der Waals surface area contributed by atoms with Crippen LogP contribution in [0.1, 0.15) is 54.4 Å². The van der Waals surface area contributed by atoms with Crippen LogP contribution in [0.15, 0.2) is 24.3 Å². The quantitative estimate of drug-likeness (QED) is 0.930. The average molecular weight is 311 g/mol. The number of likely N-dealkylation sites (tertiary alicyclic amines) is 1. The Kier molecular flexibility index (Phi) is 5.30. The number of benzene rings is 1. The number of amides is 1. The van der Waals surface area contributed by atoms with Gasteiger partial charge < -0.3 is 10.2 Å². The molecule has 122 valence electrons. The minimum absolute atomic E-state index is 0.127. The van der Waals surface area contributed by atoms with E-state index in [2.05, 4.69) is 16.3 Å². The van der Waals surface area contributed by atoms with Crippen LogP contribution in [0.25, 0.3) is 0 Å². The van der Waals surface area contributed by atoms with Crippen molar-refractivity contribution in [3.05, 3.63) is 35.4 Å². The van der Waals surface area contributed by atoms with Crippen LogP contribution < -0.4 is 5.32 Å². The van der Waals surface area contributed by atoms with Crippen LogP contribution in [0.4, 0.5) is 0 Å². The summed E-state index contributed by atoms with van der Waals surface area (Å²) in [6.07, 6.45) is 7.98. The maximum atomic E-state index is 12.3. The second-order valence-electron chi connectivity index (χ2n) is 6.81. The molecule has 1 aromatic rings. The Labute approximate surface area is 138 Å². The summed E-state index contributed by atoms with van der Waals surface area (Å²) in [4.78, 5) is 14.9. The van der Waals surface area contributed by atoms with E-state index in [-0.39, 0.29) is 5.91 Å². The predicted molar refractivity (Wildman–Crippen MR) is 90.0 cm³/mol. The fraction of sp³-hybridized carbons (Fsp3) is 0.579. The smallest absolute Gasteiger partial charge is 0.252 e. The first-order chi connectivity index (χ1) is 11.3. The highest BCUT2D eigenvalue weighted by molar-refractivity contribution is 5.96. The fourth-order valence-corrected chi connectivity index (χ4v) is 3.92. The molecule has 1 amide bonds. The van der Waals surface area contributed by atoms with E-state index in [0.29, 0.717) is 23.6 Å². The maximum absolute atomic E-state index is 12.3. The van der Waals surface area contributed by atoms with E-state index >= 15 is 0 Å². The van der Waals surface area contributed by atoms with Gasteiger partial charge in [0.2, 0.25) is 0 Å². The molecule has 3 rings (SSSR count). The molecule has 1 N–H and O–H groups in total. The van der Waals surface area contributed by atoms with Crippen molar-refractivity contribution in [2.75, 3.05) is 19.6 Å². The number of nitrogens with one attached hydrogen (secondary N) is 1. The molecule has 1 heterocycles. The monoisotopic (exact) mass is 311 g/mol. The minimum atomic E-state index is -0.127. The number of nitrogens with zero attached hydrogens (tertiary/aromatic N) is 2. The van der Waals surface area contributed by atoms with Crippen molar-refractivity contribution in [2.45, 2.75) is 44.6 Å². The third-order valence-electron chi connectivity index (χ3n) is 5.25. The van der Waals surface area contributed by atoms with E-state index in [1.165, 1.54) is 38.6 Å². The second kappa shape index (κ2) is 7.61. The van der Waals surface area contributed by atoms with Gasteiger partial charge in [0.1, 0.15) is 0 Å². The second-order valence-corrected chi connectivity index (χ2v) is 6.81. The maximum Gasteiger partial charge on any atom is 0.252 e. The van der Waals surface area contributed by atoms with Crippen molar-refractivity contribution in [3.8, 4) is 6.07 Å². The SMILES string of the molecule is N#Cc1ccccc1C(=O)NC[C@@H]1CCN(C2CCCCC2)C1. The van der Waals surface area contributed by atoms with Crippen molar-refractivity contribution >= 4 is 5.91 Å². The first-order valence-corrected chi connectivity index (χ1v) is 8.79. The minimum Gasteiger partial charge on any atom is -0.352 e. The van der Waals surface area contributed by atoms with E-state index in [1.807, 2.05) is 0 Å². The molecule has 1 saturated heterocycles. The van der Waals surface area contributed by atoms with E-state index in [1.54, 1.807) is 24.3 Å². The summed E-state index contributed by atoms with van der Waals surface area (Å²) >= 11 is 0. The Balaban J connectivity index is 1.49. The van der Waals surface area contributed by atoms with Crippen molar-refractivity contribution in [3.63, 3.8) is 0 Å². The van der Waals surface area contributed by atoms with Gasteiger partial charge in [-0.3, -0.25) is 4.79 Å². The highest BCUT2D eigenvalue weighted by Crippen LogP contribution is 2.27. The number of rotatable bonds is 4. The van der Waals surface area contributed by atoms with Gasteiger partial charge in [-0.25, -0.2) is 0 Å². The lowest BCUT2D eigenvalue weighted by molar-refractivity contribution is 0.0946. The average Bonchev–Trinajstić information content (AvgIpc) is 3.09. The highest BCUT2D eigenvalue weighted by atomic mass is 16.1. The van der Waals surface area contributed by atoms with Crippen LogP contribution in [0.2, 0.25) is 0 Å². The molecule has 1 atom stereocenters. The van der Waals surface area contributed by atoms with Crippen molar-refractivity contribution < 1.29 is 4.79 Å². The standard InChI is InChI=1S/C19H25N3O/c20-12-16-6-4-5-9-18(16)19(23)21-13-15-10-11-22(14-15)17-7-2-1-3-8-17/h4-6,9,15,17H,1-3,7-8,10-11,13-14H2,(H,21,23)/t15-/m0/s1. The Morgan fingerprint density at radius 2 is 2.00 bits per heavy atom. The Morgan fingerprint density at radius 3 is 2.78 bits per heavy atom. The zero-order chi connectivity index (χ0) is 16.1. The summed E-state index contributed by atoms with van der Waals surface area (Å²) in [5.41, 5.74) is 0.928. The molecule has 4 heteroatoms. The van der Waals surface area contributed by atoms with Gasteiger partial charge in [0, 0.05) is 19.1 Å². The van der Waals surface area contributed by atoms with Gasteiger partial charge in [-0.05, 0) is 43.9 Å². The molecular formula is C19H25N3O. The van der Waals surface area contributed by atoms with Gasteiger partial charge in [0.25, 0.3) is 5.91 Å². The molecule has 0 unspecified atom stereocenters. The molecule has 1 aromatic carbocycles. The predicted octanol–water partition coefficient (Wildman–Crippen LogP) is 2.94. The lowest BCUT2D eigenvalue weighted by Crippen LogP contribution is -2.36. The molecule has 1 saturated carbocycles. The van der Waals surface area contributed by atoms with Crippen LogP contribution in [-0.4, -0.2) is 36.5 Å². The molecule has 2 aliphatic rings. The normalized spacial score (nSPS) is 22.7. The van der Waals surface area contributed by atoms with Crippen LogP contribution in [0, 0.1) is 17.2 Å². The molecule has 0 radical (unpaired) electrons. The zero-order valence-electron chi connectivity index (χ0n) is 13.6. The third kappa shape index (κ3) is 3.92. The number of carbonyl (C=O) groups is 1. The van der Waals surface area contributed by atoms with Crippen LogP contribution in [0.3, 0.4) is 0 Å². The largest absolute Gasteiger partial charge is 0.352 e. The van der Waals surface area contributed by atoms with E-state index in [0.717, 1.165) is 19.0 Å². The van der Waals surface area contributed by atoms with Gasteiger partial charge in [0.05, 0.1) is 17.2 Å². The van der Waals surface area contributed by atoms with E-state index in [4.69, 9.17) is 5.26 Å². The van der Waals surface area contributed by atoms with Crippen LogP contribution in [-0.2, 0) is 0 Å². The number of carbonyl (C=O) groups excluding carboxylic acids is 1. The van der Waals surface area contributed by atoms with Crippen molar-refractivity contribution in [2.24, 2.45) is 5.92 Å². The van der Waals surface area contributed by atoms with Crippen LogP contribution >= 0.6 is 0 Å².